The molecule has 2 aromatic heterocycles. The van der Waals surface area contributed by atoms with Crippen LogP contribution in [0.1, 0.15) is 11.1 Å². The first-order chi connectivity index (χ1) is 10.1. The number of hydrogen-bond donors (Lipinski definition) is 0. The van der Waals surface area contributed by atoms with Crippen LogP contribution in [0.2, 0.25) is 0 Å². The van der Waals surface area contributed by atoms with Crippen LogP contribution in [0.4, 0.5) is 0 Å². The zero-order chi connectivity index (χ0) is 14.8. The van der Waals surface area contributed by atoms with E-state index < -0.39 is 0 Å². The molecule has 2 heteroatoms. The summed E-state index contributed by atoms with van der Waals surface area (Å²) >= 11 is 0. The van der Waals surface area contributed by atoms with E-state index in [-0.39, 0.29) is 0 Å². The van der Waals surface area contributed by atoms with Crippen LogP contribution in [0.3, 0.4) is 0 Å². The average molecular weight is 275 g/mol. The van der Waals surface area contributed by atoms with E-state index in [1.807, 2.05) is 19.4 Å². The highest BCUT2D eigenvalue weighted by molar-refractivity contribution is 5.72. The third-order valence-electron chi connectivity index (χ3n) is 3.83. The number of aryl methyl sites for hydroxylation is 3. The van der Waals surface area contributed by atoms with Crippen LogP contribution in [0, 0.1) is 13.8 Å². The van der Waals surface area contributed by atoms with Crippen LogP contribution in [-0.2, 0) is 7.05 Å². The van der Waals surface area contributed by atoms with Crippen molar-refractivity contribution in [1.29, 1.82) is 0 Å². The summed E-state index contributed by atoms with van der Waals surface area (Å²) < 4.78 is 2.08. The fraction of sp³-hybridized carbons (Fsp3) is 0.158. The smallest absolute Gasteiger partial charge is 0.172 e. The van der Waals surface area contributed by atoms with Crippen LogP contribution in [-0.4, -0.2) is 4.98 Å². The molecule has 0 spiro atoms. The summed E-state index contributed by atoms with van der Waals surface area (Å²) in [6.45, 7) is 4.24. The molecule has 0 radical (unpaired) electrons. The maximum absolute atomic E-state index is 4.15. The van der Waals surface area contributed by atoms with Crippen LogP contribution < -0.4 is 4.57 Å². The van der Waals surface area contributed by atoms with Gasteiger partial charge in [0.2, 0.25) is 0 Å². The minimum Gasteiger partial charge on any atom is -0.264 e. The van der Waals surface area contributed by atoms with Gasteiger partial charge in [-0.2, -0.15) is 0 Å². The minimum atomic E-state index is 1.20. The zero-order valence-electron chi connectivity index (χ0n) is 12.7. The molecule has 0 unspecified atom stereocenters. The molecule has 0 atom stereocenters. The molecule has 0 fully saturated rings. The van der Waals surface area contributed by atoms with E-state index in [0.717, 1.165) is 0 Å². The number of pyridine rings is 2. The molecule has 2 heterocycles. The largest absolute Gasteiger partial charge is 0.264 e. The predicted octanol–water partition coefficient (Wildman–Crippen LogP) is 3.86. The molecule has 3 rings (SSSR count). The summed E-state index contributed by atoms with van der Waals surface area (Å²) in [7, 11) is 2.05. The van der Waals surface area contributed by atoms with Gasteiger partial charge in [-0.15, -0.1) is 0 Å². The molecular weight excluding hydrogens is 256 g/mol. The number of aromatic nitrogens is 2. The standard InChI is InChI=1S/C19H19N2/c1-14-12-20-10-8-18(14)16-4-6-17(7-5-16)19-9-11-21(3)13-15(19)2/h4-13H,1-3H3/q+1. The van der Waals surface area contributed by atoms with Crippen molar-refractivity contribution in [1.82, 2.24) is 4.98 Å². The van der Waals surface area contributed by atoms with E-state index in [0.29, 0.717) is 0 Å². The van der Waals surface area contributed by atoms with Crippen LogP contribution in [0.25, 0.3) is 22.3 Å². The molecule has 0 saturated heterocycles. The summed E-state index contributed by atoms with van der Waals surface area (Å²) in [4.78, 5) is 4.15. The van der Waals surface area contributed by atoms with Gasteiger partial charge in [-0.25, -0.2) is 4.57 Å². The number of benzene rings is 1. The van der Waals surface area contributed by atoms with Crippen molar-refractivity contribution < 1.29 is 4.57 Å². The molecule has 0 N–H and O–H groups in total. The molecule has 0 saturated carbocycles. The van der Waals surface area contributed by atoms with Gasteiger partial charge >= 0.3 is 0 Å². The Kier molecular flexibility index (Phi) is 3.53. The number of nitrogens with zero attached hydrogens (tertiary/aromatic N) is 2. The maximum Gasteiger partial charge on any atom is 0.172 e. The first-order valence-electron chi connectivity index (χ1n) is 7.12. The molecule has 104 valence electrons. The summed E-state index contributed by atoms with van der Waals surface area (Å²) in [5.74, 6) is 0. The van der Waals surface area contributed by atoms with Gasteiger partial charge in [-0.05, 0) is 47.7 Å². The highest BCUT2D eigenvalue weighted by atomic mass is 14.9. The quantitative estimate of drug-likeness (QED) is 0.649. The van der Waals surface area contributed by atoms with Crippen molar-refractivity contribution in [3.8, 4) is 22.3 Å². The summed E-state index contributed by atoms with van der Waals surface area (Å²) in [5, 5.41) is 0. The van der Waals surface area contributed by atoms with Gasteiger partial charge in [0, 0.05) is 24.0 Å². The molecule has 3 aromatic rings. The van der Waals surface area contributed by atoms with E-state index >= 15 is 0 Å². The second-order valence-electron chi connectivity index (χ2n) is 5.47. The third-order valence-corrected chi connectivity index (χ3v) is 3.83. The van der Waals surface area contributed by atoms with Gasteiger partial charge in [-0.3, -0.25) is 4.98 Å². The Hall–Kier alpha value is -2.48. The third kappa shape index (κ3) is 2.70. The van der Waals surface area contributed by atoms with Crippen molar-refractivity contribution in [3.63, 3.8) is 0 Å². The summed E-state index contributed by atoms with van der Waals surface area (Å²) in [6.07, 6.45) is 7.99. The lowest BCUT2D eigenvalue weighted by molar-refractivity contribution is -0.671. The van der Waals surface area contributed by atoms with Crippen molar-refractivity contribution >= 4 is 0 Å². The Labute approximate surface area is 125 Å². The number of hydrogen-bond acceptors (Lipinski definition) is 1. The van der Waals surface area contributed by atoms with E-state index in [2.05, 4.69) is 72.2 Å². The van der Waals surface area contributed by atoms with E-state index in [4.69, 9.17) is 0 Å². The van der Waals surface area contributed by atoms with Gasteiger partial charge in [0.05, 0.1) is 0 Å². The van der Waals surface area contributed by atoms with Gasteiger partial charge in [0.25, 0.3) is 0 Å². The van der Waals surface area contributed by atoms with Crippen molar-refractivity contribution in [2.45, 2.75) is 13.8 Å². The Morgan fingerprint density at radius 3 is 2.00 bits per heavy atom. The minimum absolute atomic E-state index is 1.20. The lowest BCUT2D eigenvalue weighted by Gasteiger charge is -2.08. The van der Waals surface area contributed by atoms with Gasteiger partial charge < -0.3 is 0 Å². The fourth-order valence-corrected chi connectivity index (χ4v) is 2.69. The second-order valence-corrected chi connectivity index (χ2v) is 5.47. The molecule has 0 amide bonds. The van der Waals surface area contributed by atoms with Gasteiger partial charge in [0.15, 0.2) is 12.4 Å². The Morgan fingerprint density at radius 1 is 0.810 bits per heavy atom. The molecule has 0 aliphatic heterocycles. The Bertz CT molecular complexity index is 774. The van der Waals surface area contributed by atoms with Gasteiger partial charge in [-0.1, -0.05) is 24.3 Å². The lowest BCUT2D eigenvalue weighted by atomic mass is 9.97. The van der Waals surface area contributed by atoms with Crippen molar-refractivity contribution in [3.05, 3.63) is 72.3 Å². The van der Waals surface area contributed by atoms with Crippen LogP contribution in [0.15, 0.2) is 61.2 Å². The zero-order valence-corrected chi connectivity index (χ0v) is 12.7. The Morgan fingerprint density at radius 2 is 1.43 bits per heavy atom. The second kappa shape index (κ2) is 5.49. The molecule has 0 aliphatic rings. The van der Waals surface area contributed by atoms with Crippen LogP contribution in [0.5, 0.6) is 0 Å². The summed E-state index contributed by atoms with van der Waals surface area (Å²) in [5.41, 5.74) is 7.50. The molecule has 2 nitrogen and oxygen atoms in total. The molecule has 1 aromatic carbocycles. The maximum atomic E-state index is 4.15. The van der Waals surface area contributed by atoms with Crippen LogP contribution >= 0.6 is 0 Å². The number of rotatable bonds is 2. The lowest BCUT2D eigenvalue weighted by Crippen LogP contribution is -2.26. The monoisotopic (exact) mass is 275 g/mol. The Balaban J connectivity index is 2.00. The van der Waals surface area contributed by atoms with E-state index in [9.17, 15) is 0 Å². The fourth-order valence-electron chi connectivity index (χ4n) is 2.69. The molecule has 21 heavy (non-hydrogen) atoms. The van der Waals surface area contributed by atoms with Gasteiger partial charge in [0.1, 0.15) is 7.05 Å². The highest BCUT2D eigenvalue weighted by Crippen LogP contribution is 2.27. The topological polar surface area (TPSA) is 16.8 Å². The van der Waals surface area contributed by atoms with Crippen molar-refractivity contribution in [2.75, 3.05) is 0 Å². The highest BCUT2D eigenvalue weighted by Gasteiger charge is 2.07. The van der Waals surface area contributed by atoms with E-state index in [1.54, 1.807) is 0 Å². The molecule has 0 aliphatic carbocycles. The first kappa shape index (κ1) is 13.5. The average Bonchev–Trinajstić information content (AvgIpc) is 2.48. The molecular formula is C19H19N2+. The summed E-state index contributed by atoms with van der Waals surface area (Å²) in [6, 6.07) is 13.0. The first-order valence-corrected chi connectivity index (χ1v) is 7.12. The molecule has 0 bridgehead atoms. The normalized spacial score (nSPS) is 10.6. The predicted molar refractivity (Wildman–Crippen MR) is 85.8 cm³/mol. The van der Waals surface area contributed by atoms with E-state index in [1.165, 1.54) is 33.4 Å². The van der Waals surface area contributed by atoms with Crippen molar-refractivity contribution in [2.24, 2.45) is 7.05 Å². The SMILES string of the molecule is Cc1cnccc1-c1ccc(-c2cc[n+](C)cc2C)cc1.